The summed E-state index contributed by atoms with van der Waals surface area (Å²) in [5.41, 5.74) is -0.619. The average Bonchev–Trinajstić information content (AvgIpc) is 2.01. The van der Waals surface area contributed by atoms with Crippen LogP contribution in [0.3, 0.4) is 0 Å². The van der Waals surface area contributed by atoms with Gasteiger partial charge in [-0.05, 0) is 6.42 Å². The molecule has 7 nitrogen and oxygen atoms in total. The van der Waals surface area contributed by atoms with E-state index in [2.05, 4.69) is 6.58 Å². The molecule has 0 saturated carbocycles. The van der Waals surface area contributed by atoms with E-state index in [1.807, 2.05) is 0 Å². The first kappa shape index (κ1) is 17.0. The summed E-state index contributed by atoms with van der Waals surface area (Å²) < 4.78 is 29.0. The number of carbonyl (C=O) groups is 2. The Hall–Kier alpha value is -1.41. The second kappa shape index (κ2) is 6.23. The van der Waals surface area contributed by atoms with Crippen LogP contribution in [0.25, 0.3) is 0 Å². The maximum atomic E-state index is 10.6. The molecule has 0 amide bonds. The summed E-state index contributed by atoms with van der Waals surface area (Å²) >= 11 is 0. The van der Waals surface area contributed by atoms with Crippen LogP contribution in [0.2, 0.25) is 0 Å². The van der Waals surface area contributed by atoms with Crippen LogP contribution in [0, 0.1) is 5.92 Å². The van der Waals surface area contributed by atoms with Gasteiger partial charge in [-0.15, -0.1) is 0 Å². The first-order chi connectivity index (χ1) is 6.65. The molecule has 0 aromatic rings. The topological polar surface area (TPSA) is 129 Å². The first-order valence-electron chi connectivity index (χ1n) is 3.75. The fourth-order valence-corrected chi connectivity index (χ4v) is 1.40. The summed E-state index contributed by atoms with van der Waals surface area (Å²) in [7, 11) is -4.31. The smallest absolute Gasteiger partial charge is 0.331 e. The number of rotatable bonds is 6. The molecule has 94 valence electrons. The molecule has 0 saturated heterocycles. The number of carboxylic acid groups (broad SMARTS) is 2. The van der Waals surface area contributed by atoms with Gasteiger partial charge in [0.2, 0.25) is 0 Å². The zero-order valence-electron chi connectivity index (χ0n) is 7.58. The predicted octanol–water partition coefficient (Wildman–Crippen LogP) is 0.242. The molecule has 3 N–H and O–H groups in total. The van der Waals surface area contributed by atoms with E-state index in [-0.39, 0.29) is 7.43 Å². The summed E-state index contributed by atoms with van der Waals surface area (Å²) in [6.07, 6.45) is -0.528. The van der Waals surface area contributed by atoms with Gasteiger partial charge in [-0.25, -0.2) is 4.79 Å². The van der Waals surface area contributed by atoms with Gasteiger partial charge < -0.3 is 10.2 Å². The van der Waals surface area contributed by atoms with Crippen molar-refractivity contribution in [3.63, 3.8) is 0 Å². The summed E-state index contributed by atoms with van der Waals surface area (Å²) in [6, 6.07) is 0. The van der Waals surface area contributed by atoms with Crippen molar-refractivity contribution in [1.29, 1.82) is 0 Å². The molecule has 0 aliphatic carbocycles. The van der Waals surface area contributed by atoms with Crippen LogP contribution in [0.4, 0.5) is 0 Å². The Morgan fingerprint density at radius 1 is 1.25 bits per heavy atom. The molecule has 0 aromatic carbocycles. The first-order valence-corrected chi connectivity index (χ1v) is 5.36. The fourth-order valence-electron chi connectivity index (χ4n) is 0.863. The second-order valence-electron chi connectivity index (χ2n) is 2.80. The zero-order valence-corrected chi connectivity index (χ0v) is 8.40. The molecule has 0 aromatic heterocycles. The van der Waals surface area contributed by atoms with Crippen LogP contribution in [0.1, 0.15) is 13.8 Å². The SMILES string of the molecule is C.C=C(C(=O)O)C(CCS(=O)(=O)O)C(=O)O. The third-order valence-corrected chi connectivity index (χ3v) is 2.41. The highest BCUT2D eigenvalue weighted by atomic mass is 32.2. The molecule has 0 spiro atoms. The largest absolute Gasteiger partial charge is 0.481 e. The van der Waals surface area contributed by atoms with E-state index in [9.17, 15) is 18.0 Å². The van der Waals surface area contributed by atoms with Crippen molar-refractivity contribution in [1.82, 2.24) is 0 Å². The highest BCUT2D eigenvalue weighted by molar-refractivity contribution is 7.85. The summed E-state index contributed by atoms with van der Waals surface area (Å²) in [5, 5.41) is 17.0. The standard InChI is InChI=1S/C7H10O7S.CH4/c1-4(6(8)9)5(7(10)11)2-3-15(12,13)14;/h5H,1-3H2,(H,8,9)(H,10,11)(H,12,13,14);1H4. The van der Waals surface area contributed by atoms with Crippen molar-refractivity contribution in [3.8, 4) is 0 Å². The molecule has 0 radical (unpaired) electrons. The van der Waals surface area contributed by atoms with Crippen molar-refractivity contribution < 1.29 is 32.8 Å². The van der Waals surface area contributed by atoms with E-state index in [1.54, 1.807) is 0 Å². The van der Waals surface area contributed by atoms with Crippen LogP contribution in [-0.4, -0.2) is 40.9 Å². The molecule has 1 atom stereocenters. The zero-order chi connectivity index (χ0) is 12.2. The Labute approximate surface area is 93.2 Å². The van der Waals surface area contributed by atoms with Gasteiger partial charge in [0.15, 0.2) is 0 Å². The number of hydrogen-bond acceptors (Lipinski definition) is 4. The van der Waals surface area contributed by atoms with Gasteiger partial charge in [0.05, 0.1) is 11.7 Å². The van der Waals surface area contributed by atoms with Crippen molar-refractivity contribution in [2.24, 2.45) is 5.92 Å². The molecule has 0 rings (SSSR count). The Morgan fingerprint density at radius 2 is 1.69 bits per heavy atom. The number of aliphatic carboxylic acids is 2. The van der Waals surface area contributed by atoms with Crippen LogP contribution in [-0.2, 0) is 19.7 Å². The third-order valence-electron chi connectivity index (χ3n) is 1.66. The summed E-state index contributed by atoms with van der Waals surface area (Å²) in [6.45, 7) is 3.02. The van der Waals surface area contributed by atoms with Crippen LogP contribution in [0.5, 0.6) is 0 Å². The lowest BCUT2D eigenvalue weighted by molar-refractivity contribution is -0.143. The van der Waals surface area contributed by atoms with E-state index in [4.69, 9.17) is 14.8 Å². The highest BCUT2D eigenvalue weighted by Gasteiger charge is 2.26. The minimum Gasteiger partial charge on any atom is -0.481 e. The Bertz CT molecular complexity index is 381. The molecule has 0 bridgehead atoms. The maximum Gasteiger partial charge on any atom is 0.331 e. The van der Waals surface area contributed by atoms with E-state index in [1.165, 1.54) is 0 Å². The van der Waals surface area contributed by atoms with Crippen molar-refractivity contribution in [2.75, 3.05) is 5.75 Å². The Balaban J connectivity index is 0. The van der Waals surface area contributed by atoms with Gasteiger partial charge in [0.1, 0.15) is 0 Å². The van der Waals surface area contributed by atoms with E-state index < -0.39 is 45.7 Å². The van der Waals surface area contributed by atoms with E-state index in [0.717, 1.165) is 0 Å². The molecule has 0 fully saturated rings. The molecule has 0 aliphatic heterocycles. The van der Waals surface area contributed by atoms with E-state index >= 15 is 0 Å². The third kappa shape index (κ3) is 6.14. The average molecular weight is 254 g/mol. The van der Waals surface area contributed by atoms with Gasteiger partial charge >= 0.3 is 11.9 Å². The minimum absolute atomic E-state index is 0. The Morgan fingerprint density at radius 3 is 1.94 bits per heavy atom. The monoisotopic (exact) mass is 254 g/mol. The molecule has 16 heavy (non-hydrogen) atoms. The van der Waals surface area contributed by atoms with Gasteiger partial charge in [0, 0.05) is 5.57 Å². The highest BCUT2D eigenvalue weighted by Crippen LogP contribution is 2.15. The van der Waals surface area contributed by atoms with Crippen molar-refractivity contribution >= 4 is 22.1 Å². The minimum atomic E-state index is -4.31. The summed E-state index contributed by atoms with van der Waals surface area (Å²) in [4.78, 5) is 21.0. The quantitative estimate of drug-likeness (QED) is 0.457. The van der Waals surface area contributed by atoms with Gasteiger partial charge in [-0.3, -0.25) is 9.35 Å². The lowest BCUT2D eigenvalue weighted by Gasteiger charge is -2.10. The van der Waals surface area contributed by atoms with Crippen LogP contribution >= 0.6 is 0 Å². The summed E-state index contributed by atoms with van der Waals surface area (Å²) in [5.74, 6) is -5.36. The number of carboxylic acids is 2. The van der Waals surface area contributed by atoms with Crippen LogP contribution in [0.15, 0.2) is 12.2 Å². The normalized spacial score (nSPS) is 12.3. The molecular formula is C8H14O7S. The predicted molar refractivity (Wildman–Crippen MR) is 55.7 cm³/mol. The molecular weight excluding hydrogens is 240 g/mol. The maximum absolute atomic E-state index is 10.6. The van der Waals surface area contributed by atoms with Gasteiger partial charge in [-0.2, -0.15) is 8.42 Å². The Kier molecular flexibility index (Phi) is 6.62. The van der Waals surface area contributed by atoms with E-state index in [0.29, 0.717) is 0 Å². The molecule has 1 unspecified atom stereocenters. The molecule has 0 heterocycles. The second-order valence-corrected chi connectivity index (χ2v) is 4.37. The number of hydrogen-bond donors (Lipinski definition) is 3. The van der Waals surface area contributed by atoms with Crippen LogP contribution < -0.4 is 0 Å². The van der Waals surface area contributed by atoms with Crippen molar-refractivity contribution in [2.45, 2.75) is 13.8 Å². The lowest BCUT2D eigenvalue weighted by Crippen LogP contribution is -2.23. The molecule has 8 heteroatoms. The van der Waals surface area contributed by atoms with Gasteiger partial charge in [-0.1, -0.05) is 14.0 Å². The van der Waals surface area contributed by atoms with Gasteiger partial charge in [0.25, 0.3) is 10.1 Å². The molecule has 0 aliphatic rings. The van der Waals surface area contributed by atoms with Crippen molar-refractivity contribution in [3.05, 3.63) is 12.2 Å². The fraction of sp³-hybridized carbons (Fsp3) is 0.500. The lowest BCUT2D eigenvalue weighted by atomic mass is 9.98.